The van der Waals surface area contributed by atoms with Crippen molar-refractivity contribution in [2.24, 2.45) is 11.0 Å². The van der Waals surface area contributed by atoms with Gasteiger partial charge in [-0.05, 0) is 19.1 Å². The minimum absolute atomic E-state index is 0.407. The van der Waals surface area contributed by atoms with Gasteiger partial charge in [0.1, 0.15) is 0 Å². The molecule has 6 heteroatoms. The molecule has 76 valence electrons. The van der Waals surface area contributed by atoms with E-state index in [2.05, 4.69) is 5.32 Å². The number of para-hydroxylation sites is 1. The van der Waals surface area contributed by atoms with Crippen LogP contribution in [0.3, 0.4) is 0 Å². The van der Waals surface area contributed by atoms with Crippen LogP contribution in [0.15, 0.2) is 24.3 Å². The largest absolute Gasteiger partial charge is 0.350 e. The highest BCUT2D eigenvalue weighted by Crippen LogP contribution is 2.28. The first-order chi connectivity index (χ1) is 6.41. The first-order valence-electron chi connectivity index (χ1n) is 3.95. The van der Waals surface area contributed by atoms with E-state index in [1.807, 2.05) is 0 Å². The van der Waals surface area contributed by atoms with Gasteiger partial charge in [0.25, 0.3) is 0 Å². The summed E-state index contributed by atoms with van der Waals surface area (Å²) in [6, 6.07) is 6.88. The van der Waals surface area contributed by atoms with Crippen LogP contribution in [0.4, 0.5) is 5.69 Å². The van der Waals surface area contributed by atoms with E-state index < -0.39 is 7.44 Å². The van der Waals surface area contributed by atoms with Gasteiger partial charge in [-0.25, -0.2) is 0 Å². The minimum Gasteiger partial charge on any atom is -0.350 e. The van der Waals surface area contributed by atoms with Crippen LogP contribution in [0, 0.1) is 0 Å². The van der Waals surface area contributed by atoms with Crippen molar-refractivity contribution in [1.29, 1.82) is 0 Å². The summed E-state index contributed by atoms with van der Waals surface area (Å²) >= 11 is 4.88. The van der Waals surface area contributed by atoms with Crippen molar-refractivity contribution in [2.45, 2.75) is 6.92 Å². The fourth-order valence-corrected chi connectivity index (χ4v) is 2.01. The zero-order chi connectivity index (χ0) is 10.8. The Morgan fingerprint density at radius 2 is 2.00 bits per heavy atom. The maximum atomic E-state index is 11.5. The highest BCUT2D eigenvalue weighted by molar-refractivity contribution is 7.80. The molecule has 0 aliphatic heterocycles. The standard InChI is InChI=1S/C8H12N3OPS/c1-6(14)11-7-4-2-3-5-8(7)13(9,10)12/h2-5H,1H3,(H,11,14)(H4,9,10,12). The monoisotopic (exact) mass is 229 g/mol. The maximum absolute atomic E-state index is 11.5. The SMILES string of the molecule is CC(=S)Nc1ccccc1P(N)(N)=O. The number of benzene rings is 1. The summed E-state index contributed by atoms with van der Waals surface area (Å²) in [7, 11) is -3.23. The third kappa shape index (κ3) is 2.89. The zero-order valence-electron chi connectivity index (χ0n) is 7.73. The summed E-state index contributed by atoms with van der Waals surface area (Å²) in [4.78, 5) is 0.575. The quantitative estimate of drug-likeness (QED) is 0.524. The minimum atomic E-state index is -3.23. The molecule has 0 saturated heterocycles. The zero-order valence-corrected chi connectivity index (χ0v) is 9.44. The molecule has 0 heterocycles. The van der Waals surface area contributed by atoms with Crippen LogP contribution in [-0.4, -0.2) is 4.99 Å². The number of hydrogen-bond acceptors (Lipinski definition) is 2. The maximum Gasteiger partial charge on any atom is 0.237 e. The molecule has 1 aromatic rings. The molecule has 0 saturated carbocycles. The Balaban J connectivity index is 3.16. The summed E-state index contributed by atoms with van der Waals surface area (Å²) in [5.74, 6) is 0. The molecule has 0 fully saturated rings. The molecule has 0 unspecified atom stereocenters. The van der Waals surface area contributed by atoms with Crippen molar-refractivity contribution in [3.05, 3.63) is 24.3 Å². The second kappa shape index (κ2) is 4.19. The molecule has 1 aromatic carbocycles. The van der Waals surface area contributed by atoms with E-state index >= 15 is 0 Å². The van der Waals surface area contributed by atoms with Crippen LogP contribution in [0.25, 0.3) is 0 Å². The fourth-order valence-electron chi connectivity index (χ4n) is 1.07. The average Bonchev–Trinajstić information content (AvgIpc) is 2.01. The Morgan fingerprint density at radius 1 is 1.43 bits per heavy atom. The third-order valence-corrected chi connectivity index (χ3v) is 2.84. The highest BCUT2D eigenvalue weighted by Gasteiger charge is 2.16. The molecule has 0 bridgehead atoms. The lowest BCUT2D eigenvalue weighted by molar-refractivity contribution is 0.583. The fraction of sp³-hybridized carbons (Fsp3) is 0.125. The number of hydrogen-bond donors (Lipinski definition) is 3. The van der Waals surface area contributed by atoms with Gasteiger partial charge in [-0.15, -0.1) is 0 Å². The predicted molar refractivity (Wildman–Crippen MR) is 64.0 cm³/mol. The van der Waals surface area contributed by atoms with Gasteiger partial charge in [-0.3, -0.25) is 15.6 Å². The van der Waals surface area contributed by atoms with E-state index in [9.17, 15) is 4.57 Å². The molecule has 0 amide bonds. The van der Waals surface area contributed by atoms with Crippen LogP contribution in [0.1, 0.15) is 6.92 Å². The molecule has 0 spiro atoms. The Hall–Kier alpha value is -0.740. The van der Waals surface area contributed by atoms with Gasteiger partial charge in [-0.1, -0.05) is 24.4 Å². The number of thiocarbonyl (C=S) groups is 1. The van der Waals surface area contributed by atoms with Crippen molar-refractivity contribution in [1.82, 2.24) is 0 Å². The van der Waals surface area contributed by atoms with E-state index in [-0.39, 0.29) is 0 Å². The summed E-state index contributed by atoms with van der Waals surface area (Å²) in [5.41, 5.74) is 11.4. The van der Waals surface area contributed by atoms with Crippen molar-refractivity contribution >= 4 is 35.6 Å². The highest BCUT2D eigenvalue weighted by atomic mass is 32.1. The van der Waals surface area contributed by atoms with Crippen LogP contribution in [-0.2, 0) is 4.57 Å². The van der Waals surface area contributed by atoms with Gasteiger partial charge in [0.2, 0.25) is 7.44 Å². The number of rotatable bonds is 2. The lowest BCUT2D eigenvalue weighted by Crippen LogP contribution is -2.22. The molecule has 0 atom stereocenters. The van der Waals surface area contributed by atoms with Crippen LogP contribution in [0.5, 0.6) is 0 Å². The van der Waals surface area contributed by atoms with Crippen molar-refractivity contribution in [2.75, 3.05) is 5.32 Å². The number of nitrogens with two attached hydrogens (primary N) is 2. The summed E-state index contributed by atoms with van der Waals surface area (Å²) in [6.45, 7) is 1.73. The second-order valence-electron chi connectivity index (χ2n) is 2.91. The summed E-state index contributed by atoms with van der Waals surface area (Å²) in [5, 5.41) is 3.29. The normalized spacial score (nSPS) is 11.1. The molecular weight excluding hydrogens is 217 g/mol. The smallest absolute Gasteiger partial charge is 0.237 e. The Kier molecular flexibility index (Phi) is 3.39. The van der Waals surface area contributed by atoms with E-state index in [1.54, 1.807) is 31.2 Å². The van der Waals surface area contributed by atoms with Gasteiger partial charge in [-0.2, -0.15) is 0 Å². The van der Waals surface area contributed by atoms with Gasteiger partial charge in [0.15, 0.2) is 0 Å². The van der Waals surface area contributed by atoms with Crippen LogP contribution >= 0.6 is 19.7 Å². The topological polar surface area (TPSA) is 81.1 Å². The van der Waals surface area contributed by atoms with E-state index in [1.165, 1.54) is 0 Å². The second-order valence-corrected chi connectivity index (χ2v) is 5.42. The van der Waals surface area contributed by atoms with Crippen molar-refractivity contribution < 1.29 is 4.57 Å². The lowest BCUT2D eigenvalue weighted by atomic mass is 10.3. The molecule has 0 aliphatic carbocycles. The Bertz CT molecular complexity index is 401. The molecule has 0 radical (unpaired) electrons. The molecule has 0 aliphatic rings. The van der Waals surface area contributed by atoms with Crippen molar-refractivity contribution in [3.63, 3.8) is 0 Å². The lowest BCUT2D eigenvalue weighted by Gasteiger charge is -2.13. The third-order valence-electron chi connectivity index (χ3n) is 1.59. The first-order valence-corrected chi connectivity index (χ1v) is 6.21. The van der Waals surface area contributed by atoms with Gasteiger partial charge >= 0.3 is 0 Å². The van der Waals surface area contributed by atoms with Gasteiger partial charge in [0, 0.05) is 0 Å². The number of nitrogens with one attached hydrogen (secondary N) is 1. The van der Waals surface area contributed by atoms with E-state index in [0.29, 0.717) is 16.0 Å². The van der Waals surface area contributed by atoms with Crippen LogP contribution < -0.4 is 21.6 Å². The number of anilines is 1. The average molecular weight is 229 g/mol. The van der Waals surface area contributed by atoms with Crippen molar-refractivity contribution in [3.8, 4) is 0 Å². The molecule has 1 rings (SSSR count). The first kappa shape index (κ1) is 11.3. The van der Waals surface area contributed by atoms with E-state index in [0.717, 1.165) is 0 Å². The van der Waals surface area contributed by atoms with Gasteiger partial charge < -0.3 is 5.32 Å². The summed E-state index contributed by atoms with van der Waals surface area (Å²) in [6.07, 6.45) is 0. The van der Waals surface area contributed by atoms with Crippen LogP contribution in [0.2, 0.25) is 0 Å². The van der Waals surface area contributed by atoms with Gasteiger partial charge in [0.05, 0.1) is 16.0 Å². The summed E-state index contributed by atoms with van der Waals surface area (Å²) < 4.78 is 11.5. The molecule has 0 aromatic heterocycles. The Labute approximate surface area is 88.2 Å². The Morgan fingerprint density at radius 3 is 2.50 bits per heavy atom. The van der Waals surface area contributed by atoms with E-state index in [4.69, 9.17) is 23.2 Å². The molecular formula is C8H12N3OPS. The molecule has 14 heavy (non-hydrogen) atoms. The molecule has 4 nitrogen and oxygen atoms in total. The predicted octanol–water partition coefficient (Wildman–Crippen LogP) is 1.18. The molecule has 5 N–H and O–H groups in total.